The van der Waals surface area contributed by atoms with Gasteiger partial charge < -0.3 is 11.5 Å². The van der Waals surface area contributed by atoms with Crippen LogP contribution in [0.4, 0.5) is 0 Å². The van der Waals surface area contributed by atoms with E-state index in [0.29, 0.717) is 6.29 Å². The Morgan fingerprint density at radius 3 is 2.40 bits per heavy atom. The molecule has 0 atom stereocenters. The van der Waals surface area contributed by atoms with E-state index < -0.39 is 5.91 Å². The molecule has 5 heteroatoms. The van der Waals surface area contributed by atoms with Crippen LogP contribution < -0.4 is 11.5 Å². The van der Waals surface area contributed by atoms with E-state index in [2.05, 4.69) is 4.99 Å². The summed E-state index contributed by atoms with van der Waals surface area (Å²) in [4.78, 5) is 23.3. The highest BCUT2D eigenvalue weighted by Gasteiger charge is 1.97. The van der Waals surface area contributed by atoms with Crippen LogP contribution >= 0.6 is 0 Å². The molecule has 0 rings (SSSR count). The fourth-order valence-electron chi connectivity index (χ4n) is 0.300. The van der Waals surface area contributed by atoms with E-state index in [1.165, 1.54) is 0 Å². The van der Waals surface area contributed by atoms with Crippen LogP contribution in [0.25, 0.3) is 0 Å². The Labute approximate surface area is 57.4 Å². The first-order valence-corrected chi connectivity index (χ1v) is 2.42. The number of rotatable bonds is 3. The molecule has 0 aliphatic heterocycles. The predicted molar refractivity (Wildman–Crippen MR) is 36.0 cm³/mol. The van der Waals surface area contributed by atoms with Crippen molar-refractivity contribution in [1.82, 2.24) is 0 Å². The topological polar surface area (TPSA) is 98.5 Å². The number of aldehydes is 1. The van der Waals surface area contributed by atoms with Gasteiger partial charge in [0.25, 0.3) is 5.91 Å². The molecule has 10 heavy (non-hydrogen) atoms. The summed E-state index contributed by atoms with van der Waals surface area (Å²) in [5.41, 5.74) is 9.56. The first-order valence-electron chi connectivity index (χ1n) is 2.42. The first-order chi connectivity index (χ1) is 4.72. The van der Waals surface area contributed by atoms with E-state index in [1.807, 2.05) is 0 Å². The van der Waals surface area contributed by atoms with Gasteiger partial charge in [-0.05, 0) is 0 Å². The molecule has 5 nitrogen and oxygen atoms in total. The van der Waals surface area contributed by atoms with Crippen molar-refractivity contribution in [3.05, 3.63) is 11.9 Å². The maximum absolute atomic E-state index is 10.3. The summed E-state index contributed by atoms with van der Waals surface area (Å²) in [6, 6.07) is 0. The molecule has 0 aliphatic carbocycles. The molecule has 0 saturated carbocycles. The molecule has 0 unspecified atom stereocenters. The van der Waals surface area contributed by atoms with Crippen LogP contribution in [0.15, 0.2) is 16.9 Å². The summed E-state index contributed by atoms with van der Waals surface area (Å²) in [7, 11) is 0. The number of carbonyl (C=O) groups is 2. The lowest BCUT2D eigenvalue weighted by atomic mass is 10.4. The van der Waals surface area contributed by atoms with Gasteiger partial charge in [-0.1, -0.05) is 0 Å². The van der Waals surface area contributed by atoms with Gasteiger partial charge in [0.15, 0.2) is 6.29 Å². The van der Waals surface area contributed by atoms with Crippen molar-refractivity contribution in [3.63, 3.8) is 0 Å². The van der Waals surface area contributed by atoms with Crippen LogP contribution in [0.1, 0.15) is 0 Å². The molecule has 0 radical (unpaired) electrons. The van der Waals surface area contributed by atoms with E-state index in [9.17, 15) is 9.59 Å². The van der Waals surface area contributed by atoms with Gasteiger partial charge in [0.2, 0.25) is 0 Å². The third-order valence-corrected chi connectivity index (χ3v) is 0.685. The summed E-state index contributed by atoms with van der Waals surface area (Å²) in [5.74, 6) is -0.763. The SMILES string of the molecule is N/C=C(\N=CC=O)C(N)=O. The Balaban J connectivity index is 4.25. The van der Waals surface area contributed by atoms with Crippen LogP contribution in [0.3, 0.4) is 0 Å². The molecule has 0 aromatic carbocycles. The minimum atomic E-state index is -0.763. The van der Waals surface area contributed by atoms with Crippen molar-refractivity contribution >= 4 is 18.4 Å². The third-order valence-electron chi connectivity index (χ3n) is 0.685. The minimum absolute atomic E-state index is 0.132. The number of hydrogen-bond acceptors (Lipinski definition) is 4. The maximum Gasteiger partial charge on any atom is 0.268 e. The largest absolute Gasteiger partial charge is 0.403 e. The van der Waals surface area contributed by atoms with E-state index in [-0.39, 0.29) is 5.70 Å². The fraction of sp³-hybridized carbons (Fsp3) is 0. The number of aliphatic imine (C=N–C) groups is 1. The van der Waals surface area contributed by atoms with Crippen molar-refractivity contribution in [3.8, 4) is 0 Å². The van der Waals surface area contributed by atoms with Crippen LogP contribution in [-0.2, 0) is 9.59 Å². The molecule has 1 amide bonds. The highest BCUT2D eigenvalue weighted by atomic mass is 16.1. The van der Waals surface area contributed by atoms with Crippen molar-refractivity contribution in [2.75, 3.05) is 0 Å². The Hall–Kier alpha value is -1.65. The van der Waals surface area contributed by atoms with Crippen LogP contribution in [0.2, 0.25) is 0 Å². The molecule has 0 saturated heterocycles. The van der Waals surface area contributed by atoms with Crippen molar-refractivity contribution in [2.24, 2.45) is 16.5 Å². The number of hydrogen-bond donors (Lipinski definition) is 2. The van der Waals surface area contributed by atoms with Crippen LogP contribution in [-0.4, -0.2) is 18.4 Å². The number of primary amides is 1. The van der Waals surface area contributed by atoms with Gasteiger partial charge in [0, 0.05) is 6.20 Å². The highest BCUT2D eigenvalue weighted by Crippen LogP contribution is 1.88. The average molecular weight is 141 g/mol. The Kier molecular flexibility index (Phi) is 3.55. The molecule has 0 bridgehead atoms. The molecule has 0 heterocycles. The second kappa shape index (κ2) is 4.25. The third kappa shape index (κ3) is 2.61. The van der Waals surface area contributed by atoms with E-state index in [1.54, 1.807) is 0 Å². The van der Waals surface area contributed by atoms with Crippen molar-refractivity contribution in [2.45, 2.75) is 0 Å². The van der Waals surface area contributed by atoms with Gasteiger partial charge in [0.05, 0.1) is 6.21 Å². The lowest BCUT2D eigenvalue weighted by molar-refractivity contribution is -0.114. The summed E-state index contributed by atoms with van der Waals surface area (Å²) in [5, 5.41) is 0. The smallest absolute Gasteiger partial charge is 0.268 e. The van der Waals surface area contributed by atoms with Crippen molar-refractivity contribution < 1.29 is 9.59 Å². The molecular weight excluding hydrogens is 134 g/mol. The summed E-state index contributed by atoms with van der Waals surface area (Å²) < 4.78 is 0. The van der Waals surface area contributed by atoms with Crippen LogP contribution in [0.5, 0.6) is 0 Å². The fourth-order valence-corrected chi connectivity index (χ4v) is 0.300. The van der Waals surface area contributed by atoms with E-state index in [4.69, 9.17) is 11.5 Å². The normalized spacial score (nSPS) is 11.8. The number of carbonyl (C=O) groups excluding carboxylic acids is 2. The highest BCUT2D eigenvalue weighted by molar-refractivity contribution is 6.14. The zero-order valence-corrected chi connectivity index (χ0v) is 5.15. The molecule has 0 aromatic rings. The van der Waals surface area contributed by atoms with E-state index >= 15 is 0 Å². The van der Waals surface area contributed by atoms with Gasteiger partial charge in [-0.3, -0.25) is 9.59 Å². The van der Waals surface area contributed by atoms with E-state index in [0.717, 1.165) is 12.4 Å². The summed E-state index contributed by atoms with van der Waals surface area (Å²) in [6.07, 6.45) is 2.25. The van der Waals surface area contributed by atoms with Crippen LogP contribution in [0, 0.1) is 0 Å². The van der Waals surface area contributed by atoms with Gasteiger partial charge in [-0.2, -0.15) is 0 Å². The van der Waals surface area contributed by atoms with Crippen molar-refractivity contribution in [1.29, 1.82) is 0 Å². The molecule has 0 aliphatic rings. The zero-order valence-electron chi connectivity index (χ0n) is 5.15. The standard InChI is InChI=1S/C5H7N3O2/c6-3-4(5(7)10)8-1-2-9/h1-3H,6H2,(H2,7,10)/b4-3-,8-1?. The Morgan fingerprint density at radius 1 is 1.50 bits per heavy atom. The average Bonchev–Trinajstić information content (AvgIpc) is 1.89. The molecule has 4 N–H and O–H groups in total. The molecular formula is C5H7N3O2. The quantitative estimate of drug-likeness (QED) is 0.285. The summed E-state index contributed by atoms with van der Waals surface area (Å²) in [6.45, 7) is 0. The summed E-state index contributed by atoms with van der Waals surface area (Å²) >= 11 is 0. The minimum Gasteiger partial charge on any atom is -0.403 e. The predicted octanol–water partition coefficient (Wildman–Crippen LogP) is -1.46. The molecule has 0 spiro atoms. The lowest BCUT2D eigenvalue weighted by Gasteiger charge is -1.88. The van der Waals surface area contributed by atoms with Gasteiger partial charge in [-0.15, -0.1) is 0 Å². The van der Waals surface area contributed by atoms with Gasteiger partial charge in [0.1, 0.15) is 5.70 Å². The number of nitrogens with two attached hydrogens (primary N) is 2. The first kappa shape index (κ1) is 8.35. The monoisotopic (exact) mass is 141 g/mol. The molecule has 54 valence electrons. The molecule has 0 fully saturated rings. The second-order valence-corrected chi connectivity index (χ2v) is 1.33. The Morgan fingerprint density at radius 2 is 2.10 bits per heavy atom. The van der Waals surface area contributed by atoms with Gasteiger partial charge in [-0.25, -0.2) is 4.99 Å². The second-order valence-electron chi connectivity index (χ2n) is 1.33. The maximum atomic E-state index is 10.3. The zero-order chi connectivity index (χ0) is 7.98. The lowest BCUT2D eigenvalue weighted by Crippen LogP contribution is -2.13. The Bertz CT molecular complexity index is 195. The van der Waals surface area contributed by atoms with Gasteiger partial charge >= 0.3 is 0 Å². The number of amides is 1. The number of nitrogens with zero attached hydrogens (tertiary/aromatic N) is 1. The molecule has 0 aromatic heterocycles.